The summed E-state index contributed by atoms with van der Waals surface area (Å²) in [4.78, 5) is 15.9. The summed E-state index contributed by atoms with van der Waals surface area (Å²) in [5, 5.41) is 1.09. The third kappa shape index (κ3) is 1.90. The number of hydrazine groups is 1. The largest absolute Gasteiger partial charge is 0.283 e. The SMILES string of the molecule is CN(N)C(=O)C(C)(C)c1ccccn1. The molecular formula is C10H15N3O. The number of likely N-dealkylation sites (N-methyl/N-ethyl adjacent to an activating group) is 1. The predicted octanol–water partition coefficient (Wildman–Crippen LogP) is 0.691. The average molecular weight is 193 g/mol. The van der Waals surface area contributed by atoms with Crippen LogP contribution in [0.1, 0.15) is 19.5 Å². The van der Waals surface area contributed by atoms with Crippen LogP contribution in [0.15, 0.2) is 24.4 Å². The molecule has 0 radical (unpaired) electrons. The molecule has 14 heavy (non-hydrogen) atoms. The number of carbonyl (C=O) groups is 1. The molecular weight excluding hydrogens is 178 g/mol. The number of hydrogen-bond donors (Lipinski definition) is 1. The van der Waals surface area contributed by atoms with Crippen LogP contribution in [0.2, 0.25) is 0 Å². The smallest absolute Gasteiger partial charge is 0.247 e. The standard InChI is InChI=1S/C10H15N3O/c1-10(2,9(14)13(3)11)8-6-4-5-7-12-8/h4-7H,11H2,1-3H3. The summed E-state index contributed by atoms with van der Waals surface area (Å²) >= 11 is 0. The maximum atomic E-state index is 11.7. The van der Waals surface area contributed by atoms with E-state index in [1.54, 1.807) is 20.0 Å². The maximum absolute atomic E-state index is 11.7. The van der Waals surface area contributed by atoms with Crippen molar-refractivity contribution in [3.63, 3.8) is 0 Å². The number of pyridine rings is 1. The lowest BCUT2D eigenvalue weighted by Crippen LogP contribution is -2.45. The minimum atomic E-state index is -0.676. The van der Waals surface area contributed by atoms with Crippen molar-refractivity contribution >= 4 is 5.91 Å². The number of rotatable bonds is 2. The molecule has 0 aliphatic heterocycles. The fourth-order valence-electron chi connectivity index (χ4n) is 1.28. The Morgan fingerprint density at radius 2 is 2.14 bits per heavy atom. The van der Waals surface area contributed by atoms with Gasteiger partial charge in [0.15, 0.2) is 0 Å². The third-order valence-electron chi connectivity index (χ3n) is 2.16. The van der Waals surface area contributed by atoms with Crippen molar-refractivity contribution in [1.29, 1.82) is 0 Å². The topological polar surface area (TPSA) is 59.2 Å². The lowest BCUT2D eigenvalue weighted by Gasteiger charge is -2.25. The van der Waals surface area contributed by atoms with Gasteiger partial charge in [-0.15, -0.1) is 0 Å². The van der Waals surface area contributed by atoms with Crippen molar-refractivity contribution in [2.75, 3.05) is 7.05 Å². The molecule has 0 saturated carbocycles. The first-order chi connectivity index (χ1) is 6.46. The summed E-state index contributed by atoms with van der Waals surface area (Å²) in [6, 6.07) is 5.49. The molecule has 76 valence electrons. The minimum Gasteiger partial charge on any atom is -0.283 e. The van der Waals surface area contributed by atoms with Gasteiger partial charge in [0.25, 0.3) is 0 Å². The molecule has 1 amide bonds. The minimum absolute atomic E-state index is 0.156. The number of amides is 1. The Morgan fingerprint density at radius 1 is 1.50 bits per heavy atom. The number of nitrogens with two attached hydrogens (primary N) is 1. The first-order valence-electron chi connectivity index (χ1n) is 4.40. The molecule has 0 atom stereocenters. The van der Waals surface area contributed by atoms with Gasteiger partial charge < -0.3 is 0 Å². The Labute approximate surface area is 83.7 Å². The molecule has 0 aliphatic carbocycles. The fraction of sp³-hybridized carbons (Fsp3) is 0.400. The number of aromatic nitrogens is 1. The Bertz CT molecular complexity index is 319. The van der Waals surface area contributed by atoms with E-state index in [1.165, 1.54) is 7.05 Å². The molecule has 1 aromatic heterocycles. The number of nitrogens with zero attached hydrogens (tertiary/aromatic N) is 2. The zero-order valence-corrected chi connectivity index (χ0v) is 8.69. The summed E-state index contributed by atoms with van der Waals surface area (Å²) in [5.74, 6) is 5.26. The van der Waals surface area contributed by atoms with Gasteiger partial charge in [-0.25, -0.2) is 5.84 Å². The van der Waals surface area contributed by atoms with Gasteiger partial charge in [-0.1, -0.05) is 6.07 Å². The lowest BCUT2D eigenvalue weighted by atomic mass is 9.87. The van der Waals surface area contributed by atoms with Crippen LogP contribution >= 0.6 is 0 Å². The molecule has 0 saturated heterocycles. The monoisotopic (exact) mass is 193 g/mol. The van der Waals surface area contributed by atoms with Crippen LogP contribution in [-0.4, -0.2) is 22.9 Å². The number of hydrogen-bond acceptors (Lipinski definition) is 3. The molecule has 0 fully saturated rings. The van der Waals surface area contributed by atoms with E-state index in [0.717, 1.165) is 10.7 Å². The van der Waals surface area contributed by atoms with Crippen LogP contribution in [0.25, 0.3) is 0 Å². The Hall–Kier alpha value is -1.42. The van der Waals surface area contributed by atoms with Crippen molar-refractivity contribution in [3.05, 3.63) is 30.1 Å². The molecule has 0 aromatic carbocycles. The number of carbonyl (C=O) groups excluding carboxylic acids is 1. The second kappa shape index (κ2) is 3.75. The average Bonchev–Trinajstić information content (AvgIpc) is 2.18. The van der Waals surface area contributed by atoms with Gasteiger partial charge in [0.1, 0.15) is 0 Å². The van der Waals surface area contributed by atoms with Crippen LogP contribution < -0.4 is 5.84 Å². The Morgan fingerprint density at radius 3 is 2.57 bits per heavy atom. The van der Waals surface area contributed by atoms with Crippen molar-refractivity contribution in [2.45, 2.75) is 19.3 Å². The van der Waals surface area contributed by atoms with Gasteiger partial charge in [0.2, 0.25) is 5.91 Å². The molecule has 1 heterocycles. The first kappa shape index (κ1) is 10.7. The maximum Gasteiger partial charge on any atom is 0.247 e. The van der Waals surface area contributed by atoms with Crippen LogP contribution in [0.4, 0.5) is 0 Å². The molecule has 4 heteroatoms. The van der Waals surface area contributed by atoms with Crippen molar-refractivity contribution in [3.8, 4) is 0 Å². The van der Waals surface area contributed by atoms with E-state index in [1.807, 2.05) is 18.2 Å². The van der Waals surface area contributed by atoms with Gasteiger partial charge in [0.05, 0.1) is 11.1 Å². The second-order valence-electron chi connectivity index (χ2n) is 3.76. The van der Waals surface area contributed by atoms with E-state index in [2.05, 4.69) is 4.98 Å². The van der Waals surface area contributed by atoms with E-state index < -0.39 is 5.41 Å². The molecule has 4 nitrogen and oxygen atoms in total. The van der Waals surface area contributed by atoms with Gasteiger partial charge in [-0.05, 0) is 26.0 Å². The van der Waals surface area contributed by atoms with Gasteiger partial charge in [-0.3, -0.25) is 14.8 Å². The molecule has 0 bridgehead atoms. The van der Waals surface area contributed by atoms with Gasteiger partial charge in [-0.2, -0.15) is 0 Å². The van der Waals surface area contributed by atoms with Gasteiger partial charge >= 0.3 is 0 Å². The van der Waals surface area contributed by atoms with Crippen molar-refractivity contribution in [1.82, 2.24) is 9.99 Å². The zero-order valence-electron chi connectivity index (χ0n) is 8.69. The quantitative estimate of drug-likeness (QED) is 0.427. The normalized spacial score (nSPS) is 11.1. The van der Waals surface area contributed by atoms with E-state index >= 15 is 0 Å². The highest BCUT2D eigenvalue weighted by atomic mass is 16.2. The van der Waals surface area contributed by atoms with Crippen molar-refractivity contribution < 1.29 is 4.79 Å². The molecule has 1 aromatic rings. The summed E-state index contributed by atoms with van der Waals surface area (Å²) in [5.41, 5.74) is 0.0485. The van der Waals surface area contributed by atoms with E-state index in [9.17, 15) is 4.79 Å². The molecule has 1 rings (SSSR count). The van der Waals surface area contributed by atoms with E-state index in [4.69, 9.17) is 5.84 Å². The van der Waals surface area contributed by atoms with Crippen molar-refractivity contribution in [2.24, 2.45) is 5.84 Å². The predicted molar refractivity (Wildman–Crippen MR) is 54.2 cm³/mol. The fourth-order valence-corrected chi connectivity index (χ4v) is 1.28. The van der Waals surface area contributed by atoms with Crippen LogP contribution in [-0.2, 0) is 10.2 Å². The lowest BCUT2D eigenvalue weighted by molar-refractivity contribution is -0.135. The summed E-state index contributed by atoms with van der Waals surface area (Å²) in [6.45, 7) is 3.61. The third-order valence-corrected chi connectivity index (χ3v) is 2.16. The second-order valence-corrected chi connectivity index (χ2v) is 3.76. The summed E-state index contributed by atoms with van der Waals surface area (Å²) in [6.07, 6.45) is 1.67. The summed E-state index contributed by atoms with van der Waals surface area (Å²) < 4.78 is 0. The first-order valence-corrected chi connectivity index (χ1v) is 4.40. The highest BCUT2D eigenvalue weighted by Crippen LogP contribution is 2.21. The Kier molecular flexibility index (Phi) is 2.86. The molecule has 0 spiro atoms. The highest BCUT2D eigenvalue weighted by Gasteiger charge is 2.32. The van der Waals surface area contributed by atoms with Crippen LogP contribution in [0.3, 0.4) is 0 Å². The zero-order chi connectivity index (χ0) is 10.8. The van der Waals surface area contributed by atoms with Crippen LogP contribution in [0.5, 0.6) is 0 Å². The Balaban J connectivity index is 3.02. The summed E-state index contributed by atoms with van der Waals surface area (Å²) in [7, 11) is 1.53. The molecule has 0 aliphatic rings. The highest BCUT2D eigenvalue weighted by molar-refractivity contribution is 5.86. The van der Waals surface area contributed by atoms with Crippen LogP contribution in [0, 0.1) is 0 Å². The molecule has 2 N–H and O–H groups in total. The van der Waals surface area contributed by atoms with Gasteiger partial charge in [0, 0.05) is 13.2 Å². The van der Waals surface area contributed by atoms with E-state index in [-0.39, 0.29) is 5.91 Å². The molecule has 0 unspecified atom stereocenters. The van der Waals surface area contributed by atoms with E-state index in [0.29, 0.717) is 0 Å².